The van der Waals surface area contributed by atoms with Crippen molar-refractivity contribution in [2.24, 2.45) is 5.92 Å². The molecule has 72 valence electrons. The molecule has 2 nitrogen and oxygen atoms in total. The average molecular weight is 217 g/mol. The Labute approximate surface area is 88.1 Å². The zero-order chi connectivity index (χ0) is 7.97. The lowest BCUT2D eigenvalue weighted by Crippen LogP contribution is -2.25. The van der Waals surface area contributed by atoms with Crippen molar-refractivity contribution in [2.75, 3.05) is 25.0 Å². The van der Waals surface area contributed by atoms with E-state index in [2.05, 4.69) is 21.4 Å². The molecule has 1 aromatic rings. The number of rotatable bonds is 0. The first-order valence-corrected chi connectivity index (χ1v) is 5.40. The Morgan fingerprint density at radius 2 is 2.15 bits per heavy atom. The van der Waals surface area contributed by atoms with Crippen molar-refractivity contribution < 1.29 is 0 Å². The zero-order valence-electron chi connectivity index (χ0n) is 7.25. The van der Waals surface area contributed by atoms with Gasteiger partial charge in [0.25, 0.3) is 0 Å². The highest BCUT2D eigenvalue weighted by atomic mass is 35.5. The minimum Gasteiger partial charge on any atom is -0.384 e. The fourth-order valence-electron chi connectivity index (χ4n) is 2.29. The molecular weight excluding hydrogens is 204 g/mol. The summed E-state index contributed by atoms with van der Waals surface area (Å²) in [5, 5.41) is 11.5. The molecule has 0 aromatic carbocycles. The van der Waals surface area contributed by atoms with Crippen molar-refractivity contribution in [2.45, 2.75) is 5.92 Å². The third-order valence-corrected chi connectivity index (χ3v) is 3.75. The first-order valence-electron chi connectivity index (χ1n) is 4.46. The number of thiophene rings is 1. The standard InChI is InChI=1S/C9H12N2S.ClH/c1-6-2-11-9-5-12-4-8(9)7(6)3-10-1;/h4-7,10-11H,1-3H2;1H/t6-,7+;/m1./s1. The van der Waals surface area contributed by atoms with E-state index in [9.17, 15) is 0 Å². The quantitative estimate of drug-likeness (QED) is 0.692. The van der Waals surface area contributed by atoms with Crippen LogP contribution >= 0.6 is 23.7 Å². The largest absolute Gasteiger partial charge is 0.384 e. The molecule has 2 aliphatic heterocycles. The van der Waals surface area contributed by atoms with Gasteiger partial charge in [-0.15, -0.1) is 23.7 Å². The van der Waals surface area contributed by atoms with E-state index in [1.165, 1.54) is 18.8 Å². The Morgan fingerprint density at radius 3 is 3.08 bits per heavy atom. The second-order valence-corrected chi connectivity index (χ2v) is 4.39. The maximum Gasteiger partial charge on any atom is 0.0484 e. The van der Waals surface area contributed by atoms with Gasteiger partial charge in [-0.1, -0.05) is 0 Å². The van der Waals surface area contributed by atoms with Crippen molar-refractivity contribution in [3.05, 3.63) is 16.3 Å². The molecule has 0 radical (unpaired) electrons. The van der Waals surface area contributed by atoms with Gasteiger partial charge in [0.15, 0.2) is 0 Å². The molecule has 3 heterocycles. The van der Waals surface area contributed by atoms with Gasteiger partial charge in [0.1, 0.15) is 0 Å². The van der Waals surface area contributed by atoms with Crippen LogP contribution in [0.2, 0.25) is 0 Å². The Balaban J connectivity index is 0.000000653. The van der Waals surface area contributed by atoms with Crippen LogP contribution in [0.5, 0.6) is 0 Å². The maximum absolute atomic E-state index is 3.48. The van der Waals surface area contributed by atoms with E-state index in [0.29, 0.717) is 0 Å². The molecule has 2 atom stereocenters. The summed E-state index contributed by atoms with van der Waals surface area (Å²) in [5.74, 6) is 1.61. The predicted octanol–water partition coefficient (Wildman–Crippen LogP) is 1.90. The van der Waals surface area contributed by atoms with Gasteiger partial charge in [0, 0.05) is 36.6 Å². The Hall–Kier alpha value is -0.250. The number of fused-ring (bicyclic) bond motifs is 3. The zero-order valence-corrected chi connectivity index (χ0v) is 8.88. The SMILES string of the molecule is Cl.c1scc2c1NC[C@H]1CNC[C@H]21. The number of hydrogen-bond acceptors (Lipinski definition) is 3. The summed E-state index contributed by atoms with van der Waals surface area (Å²) < 4.78 is 0. The van der Waals surface area contributed by atoms with Crippen molar-refractivity contribution in [1.29, 1.82) is 0 Å². The Kier molecular flexibility index (Phi) is 2.49. The number of hydrogen-bond donors (Lipinski definition) is 2. The Bertz CT molecular complexity index is 300. The smallest absolute Gasteiger partial charge is 0.0484 e. The van der Waals surface area contributed by atoms with Gasteiger partial charge in [0.2, 0.25) is 0 Å². The van der Waals surface area contributed by atoms with E-state index in [4.69, 9.17) is 0 Å². The molecule has 0 spiro atoms. The number of nitrogens with one attached hydrogen (secondary N) is 2. The highest BCUT2D eigenvalue weighted by molar-refractivity contribution is 7.08. The third kappa shape index (κ3) is 1.35. The van der Waals surface area contributed by atoms with Crippen LogP contribution < -0.4 is 10.6 Å². The number of anilines is 1. The summed E-state index contributed by atoms with van der Waals surface area (Å²) in [6, 6.07) is 0. The first kappa shape index (κ1) is 9.31. The maximum atomic E-state index is 3.48. The molecule has 0 unspecified atom stereocenters. The molecule has 0 amide bonds. The second kappa shape index (κ2) is 3.48. The molecule has 1 aromatic heterocycles. The molecule has 13 heavy (non-hydrogen) atoms. The summed E-state index contributed by atoms with van der Waals surface area (Å²) >= 11 is 1.81. The van der Waals surface area contributed by atoms with Crippen LogP contribution in [-0.2, 0) is 0 Å². The molecule has 1 fully saturated rings. The lowest BCUT2D eigenvalue weighted by atomic mass is 9.87. The van der Waals surface area contributed by atoms with E-state index in [1.807, 2.05) is 11.3 Å². The van der Waals surface area contributed by atoms with Crippen LogP contribution in [0, 0.1) is 5.92 Å². The minimum atomic E-state index is 0. The summed E-state index contributed by atoms with van der Waals surface area (Å²) in [5.41, 5.74) is 2.92. The van der Waals surface area contributed by atoms with Gasteiger partial charge in [-0.2, -0.15) is 0 Å². The predicted molar refractivity (Wildman–Crippen MR) is 59.2 cm³/mol. The van der Waals surface area contributed by atoms with Gasteiger partial charge in [-0.25, -0.2) is 0 Å². The monoisotopic (exact) mass is 216 g/mol. The van der Waals surface area contributed by atoms with Crippen LogP contribution in [0.3, 0.4) is 0 Å². The van der Waals surface area contributed by atoms with Crippen molar-refractivity contribution >= 4 is 29.4 Å². The van der Waals surface area contributed by atoms with Crippen LogP contribution in [0.25, 0.3) is 0 Å². The van der Waals surface area contributed by atoms with Crippen molar-refractivity contribution in [3.63, 3.8) is 0 Å². The van der Waals surface area contributed by atoms with E-state index in [0.717, 1.165) is 18.4 Å². The fraction of sp³-hybridized carbons (Fsp3) is 0.556. The van der Waals surface area contributed by atoms with E-state index >= 15 is 0 Å². The molecule has 3 rings (SSSR count). The number of halogens is 1. The normalized spacial score (nSPS) is 29.8. The van der Waals surface area contributed by atoms with Gasteiger partial charge in [-0.05, 0) is 16.9 Å². The molecular formula is C9H13ClN2S. The Morgan fingerprint density at radius 1 is 1.23 bits per heavy atom. The summed E-state index contributed by atoms with van der Waals surface area (Å²) in [7, 11) is 0. The van der Waals surface area contributed by atoms with Crippen molar-refractivity contribution in [1.82, 2.24) is 5.32 Å². The molecule has 1 saturated heterocycles. The molecule has 2 N–H and O–H groups in total. The fourth-order valence-corrected chi connectivity index (χ4v) is 3.16. The topological polar surface area (TPSA) is 24.1 Å². The summed E-state index contributed by atoms with van der Waals surface area (Å²) in [6.07, 6.45) is 0. The van der Waals surface area contributed by atoms with E-state index < -0.39 is 0 Å². The van der Waals surface area contributed by atoms with Crippen LogP contribution in [0.4, 0.5) is 5.69 Å². The summed E-state index contributed by atoms with van der Waals surface area (Å²) in [6.45, 7) is 3.52. The lowest BCUT2D eigenvalue weighted by Gasteiger charge is -2.26. The van der Waals surface area contributed by atoms with Crippen LogP contribution in [0.15, 0.2) is 10.8 Å². The van der Waals surface area contributed by atoms with Crippen molar-refractivity contribution in [3.8, 4) is 0 Å². The third-order valence-electron chi connectivity index (χ3n) is 2.99. The molecule has 0 bridgehead atoms. The molecule has 2 aliphatic rings. The minimum absolute atomic E-state index is 0. The summed E-state index contributed by atoms with van der Waals surface area (Å²) in [4.78, 5) is 0. The van der Waals surface area contributed by atoms with Gasteiger partial charge >= 0.3 is 0 Å². The molecule has 0 aliphatic carbocycles. The van der Waals surface area contributed by atoms with Gasteiger partial charge in [0.05, 0.1) is 0 Å². The molecule has 4 heteroatoms. The first-order chi connectivity index (χ1) is 5.95. The molecule has 0 saturated carbocycles. The second-order valence-electron chi connectivity index (χ2n) is 3.65. The highest BCUT2D eigenvalue weighted by Gasteiger charge is 2.33. The van der Waals surface area contributed by atoms with Crippen LogP contribution in [0.1, 0.15) is 11.5 Å². The average Bonchev–Trinajstić information content (AvgIpc) is 2.71. The van der Waals surface area contributed by atoms with E-state index in [-0.39, 0.29) is 12.4 Å². The van der Waals surface area contributed by atoms with Gasteiger partial charge in [-0.3, -0.25) is 0 Å². The van der Waals surface area contributed by atoms with Crippen LogP contribution in [-0.4, -0.2) is 19.6 Å². The van der Waals surface area contributed by atoms with E-state index in [1.54, 1.807) is 5.56 Å². The lowest BCUT2D eigenvalue weighted by molar-refractivity contribution is 0.532. The van der Waals surface area contributed by atoms with Gasteiger partial charge < -0.3 is 10.6 Å². The highest BCUT2D eigenvalue weighted by Crippen LogP contribution is 2.39.